The van der Waals surface area contributed by atoms with E-state index in [-0.39, 0.29) is 5.60 Å². The Morgan fingerprint density at radius 1 is 1.24 bits per heavy atom. The molecule has 1 fully saturated rings. The molecule has 1 aliphatic carbocycles. The lowest BCUT2D eigenvalue weighted by Gasteiger charge is -2.45. The van der Waals surface area contributed by atoms with Crippen molar-refractivity contribution >= 4 is 0 Å². The molecule has 1 aromatic rings. The first kappa shape index (κ1) is 14.7. The highest BCUT2D eigenvalue weighted by Crippen LogP contribution is 2.49. The summed E-state index contributed by atoms with van der Waals surface area (Å²) < 4.78 is 11.9. The van der Waals surface area contributed by atoms with Gasteiger partial charge in [-0.1, -0.05) is 26.3 Å². The van der Waals surface area contributed by atoms with Crippen LogP contribution in [0.5, 0.6) is 11.5 Å². The molecule has 1 saturated carbocycles. The number of rotatable bonds is 3. The van der Waals surface area contributed by atoms with E-state index in [1.165, 1.54) is 50.5 Å². The van der Waals surface area contributed by atoms with Gasteiger partial charge in [-0.15, -0.1) is 0 Å². The van der Waals surface area contributed by atoms with Crippen LogP contribution in [-0.4, -0.2) is 12.7 Å². The maximum absolute atomic E-state index is 6.53. The van der Waals surface area contributed by atoms with Crippen molar-refractivity contribution in [2.24, 2.45) is 5.92 Å². The smallest absolute Gasteiger partial charge is 0.127 e. The van der Waals surface area contributed by atoms with Crippen molar-refractivity contribution in [2.75, 3.05) is 7.11 Å². The second kappa shape index (κ2) is 5.90. The summed E-state index contributed by atoms with van der Waals surface area (Å²) >= 11 is 0. The summed E-state index contributed by atoms with van der Waals surface area (Å²) in [5.74, 6) is 3.35. The number of ether oxygens (including phenoxy) is 2. The first-order chi connectivity index (χ1) is 10.1. The molecule has 0 aromatic heterocycles. The molecular formula is C19H28O2. The van der Waals surface area contributed by atoms with Crippen molar-refractivity contribution in [1.82, 2.24) is 0 Å². The second-order valence-electron chi connectivity index (χ2n) is 7.28. The van der Waals surface area contributed by atoms with Crippen molar-refractivity contribution in [1.29, 1.82) is 0 Å². The molecule has 0 bridgehead atoms. The van der Waals surface area contributed by atoms with Gasteiger partial charge < -0.3 is 9.47 Å². The number of hydrogen-bond donors (Lipinski definition) is 0. The molecule has 0 saturated heterocycles. The van der Waals surface area contributed by atoms with E-state index in [4.69, 9.17) is 9.47 Å². The molecule has 3 rings (SSSR count). The highest BCUT2D eigenvalue weighted by Gasteiger charge is 2.41. The van der Waals surface area contributed by atoms with Crippen LogP contribution < -0.4 is 9.47 Å². The number of hydrogen-bond acceptors (Lipinski definition) is 2. The zero-order valence-electron chi connectivity index (χ0n) is 13.7. The zero-order valence-corrected chi connectivity index (χ0v) is 13.7. The first-order valence-corrected chi connectivity index (χ1v) is 8.49. The van der Waals surface area contributed by atoms with Crippen LogP contribution in [0.25, 0.3) is 0 Å². The van der Waals surface area contributed by atoms with Crippen LogP contribution in [-0.2, 0) is 0 Å². The van der Waals surface area contributed by atoms with Crippen LogP contribution in [0.1, 0.15) is 70.3 Å². The van der Waals surface area contributed by atoms with Crippen LogP contribution in [0.15, 0.2) is 18.2 Å². The number of benzene rings is 1. The van der Waals surface area contributed by atoms with Gasteiger partial charge in [0.25, 0.3) is 0 Å². The highest BCUT2D eigenvalue weighted by atomic mass is 16.5. The van der Waals surface area contributed by atoms with Gasteiger partial charge in [-0.3, -0.25) is 0 Å². The average Bonchev–Trinajstić information content (AvgIpc) is 2.46. The van der Waals surface area contributed by atoms with Gasteiger partial charge >= 0.3 is 0 Å². The van der Waals surface area contributed by atoms with Gasteiger partial charge in [0.2, 0.25) is 0 Å². The molecule has 1 aromatic carbocycles. The quantitative estimate of drug-likeness (QED) is 0.750. The van der Waals surface area contributed by atoms with Crippen molar-refractivity contribution < 1.29 is 9.47 Å². The molecule has 2 heteroatoms. The monoisotopic (exact) mass is 288 g/mol. The Balaban J connectivity index is 1.94. The Morgan fingerprint density at radius 2 is 2.00 bits per heavy atom. The minimum atomic E-state index is 0.0944. The molecule has 0 radical (unpaired) electrons. The molecule has 1 spiro atoms. The average molecular weight is 288 g/mol. The van der Waals surface area contributed by atoms with Gasteiger partial charge in [0.05, 0.1) is 7.11 Å². The summed E-state index contributed by atoms with van der Waals surface area (Å²) in [5.41, 5.74) is 1.48. The molecule has 0 amide bonds. The Hall–Kier alpha value is -1.18. The predicted octanol–water partition coefficient (Wildman–Crippen LogP) is 5.31. The van der Waals surface area contributed by atoms with E-state index in [0.717, 1.165) is 17.4 Å². The van der Waals surface area contributed by atoms with Gasteiger partial charge in [-0.05, 0) is 62.0 Å². The molecule has 1 unspecified atom stereocenters. The highest BCUT2D eigenvalue weighted by molar-refractivity contribution is 5.45. The van der Waals surface area contributed by atoms with Crippen molar-refractivity contribution in [2.45, 2.75) is 70.3 Å². The fourth-order valence-electron chi connectivity index (χ4n) is 4.18. The van der Waals surface area contributed by atoms with E-state index in [0.29, 0.717) is 5.92 Å². The van der Waals surface area contributed by atoms with Crippen molar-refractivity contribution in [3.8, 4) is 11.5 Å². The van der Waals surface area contributed by atoms with E-state index in [1.807, 2.05) is 0 Å². The fourth-order valence-corrected chi connectivity index (χ4v) is 4.18. The topological polar surface area (TPSA) is 18.5 Å². The molecule has 0 N–H and O–H groups in total. The molecule has 116 valence electrons. The fraction of sp³-hybridized carbons (Fsp3) is 0.684. The minimum absolute atomic E-state index is 0.0944. The Labute approximate surface area is 128 Å². The third-order valence-corrected chi connectivity index (χ3v) is 5.13. The summed E-state index contributed by atoms with van der Waals surface area (Å²) in [6, 6.07) is 6.39. The maximum atomic E-state index is 6.53. The summed E-state index contributed by atoms with van der Waals surface area (Å²) in [4.78, 5) is 0. The number of fused-ring (bicyclic) bond motifs is 1. The van der Waals surface area contributed by atoms with Gasteiger partial charge in [0.15, 0.2) is 0 Å². The van der Waals surface area contributed by atoms with E-state index in [2.05, 4.69) is 32.0 Å². The first-order valence-electron chi connectivity index (χ1n) is 8.49. The van der Waals surface area contributed by atoms with Gasteiger partial charge in [0.1, 0.15) is 17.1 Å². The number of methoxy groups -OCH3 is 1. The minimum Gasteiger partial charge on any atom is -0.497 e. The van der Waals surface area contributed by atoms with Crippen molar-refractivity contribution in [3.63, 3.8) is 0 Å². The van der Waals surface area contributed by atoms with Crippen LogP contribution in [0.2, 0.25) is 0 Å². The summed E-state index contributed by atoms with van der Waals surface area (Å²) in [6.45, 7) is 4.65. The SMILES string of the molecule is COc1ccc2c(c1)OC1(CCCCC1)CC2CC(C)C. The molecule has 21 heavy (non-hydrogen) atoms. The third kappa shape index (κ3) is 3.04. The van der Waals surface area contributed by atoms with Crippen LogP contribution >= 0.6 is 0 Å². The summed E-state index contributed by atoms with van der Waals surface area (Å²) in [6.07, 6.45) is 8.89. The van der Waals surface area contributed by atoms with E-state index in [1.54, 1.807) is 7.11 Å². The molecule has 1 atom stereocenters. The molecule has 2 aliphatic rings. The lowest BCUT2D eigenvalue weighted by molar-refractivity contribution is -0.00106. The molecular weight excluding hydrogens is 260 g/mol. The second-order valence-corrected chi connectivity index (χ2v) is 7.28. The van der Waals surface area contributed by atoms with Crippen LogP contribution in [0, 0.1) is 5.92 Å². The Bertz CT molecular complexity index is 486. The van der Waals surface area contributed by atoms with E-state index < -0.39 is 0 Å². The van der Waals surface area contributed by atoms with Crippen LogP contribution in [0.3, 0.4) is 0 Å². The zero-order chi connectivity index (χ0) is 14.9. The third-order valence-electron chi connectivity index (χ3n) is 5.13. The Morgan fingerprint density at radius 3 is 2.67 bits per heavy atom. The van der Waals surface area contributed by atoms with Gasteiger partial charge in [-0.25, -0.2) is 0 Å². The van der Waals surface area contributed by atoms with Gasteiger partial charge in [0, 0.05) is 6.07 Å². The predicted molar refractivity (Wildman–Crippen MR) is 86.3 cm³/mol. The van der Waals surface area contributed by atoms with Gasteiger partial charge in [-0.2, -0.15) is 0 Å². The Kier molecular flexibility index (Phi) is 4.14. The van der Waals surface area contributed by atoms with E-state index >= 15 is 0 Å². The van der Waals surface area contributed by atoms with Crippen molar-refractivity contribution in [3.05, 3.63) is 23.8 Å². The maximum Gasteiger partial charge on any atom is 0.127 e. The largest absolute Gasteiger partial charge is 0.497 e. The van der Waals surface area contributed by atoms with Crippen LogP contribution in [0.4, 0.5) is 0 Å². The lowest BCUT2D eigenvalue weighted by Crippen LogP contribution is -2.42. The summed E-state index contributed by atoms with van der Waals surface area (Å²) in [5, 5.41) is 0. The molecule has 1 aliphatic heterocycles. The summed E-state index contributed by atoms with van der Waals surface area (Å²) in [7, 11) is 1.73. The standard InChI is InChI=1S/C19H28O2/c1-14(2)11-15-13-19(9-5-4-6-10-19)21-18-12-16(20-3)7-8-17(15)18/h7-8,12,14-15H,4-6,9-11,13H2,1-3H3. The molecule has 1 heterocycles. The lowest BCUT2D eigenvalue weighted by atomic mass is 9.72. The molecule has 2 nitrogen and oxygen atoms in total. The normalized spacial score (nSPS) is 23.7. The van der Waals surface area contributed by atoms with E-state index in [9.17, 15) is 0 Å².